The second-order valence-electron chi connectivity index (χ2n) is 13.5. The highest BCUT2D eigenvalue weighted by molar-refractivity contribution is 5.99. The van der Waals surface area contributed by atoms with Gasteiger partial charge in [0.1, 0.15) is 11.6 Å². The fraction of sp³-hybridized carbons (Fsp3) is 0.472. The van der Waals surface area contributed by atoms with E-state index in [4.69, 9.17) is 4.74 Å². The van der Waals surface area contributed by atoms with E-state index >= 15 is 0 Å². The summed E-state index contributed by atoms with van der Waals surface area (Å²) in [5, 5.41) is 10.8. The Morgan fingerprint density at radius 1 is 1.02 bits per heavy atom. The van der Waals surface area contributed by atoms with Gasteiger partial charge in [-0.3, -0.25) is 14.4 Å². The van der Waals surface area contributed by atoms with E-state index in [1.54, 1.807) is 22.0 Å². The Bertz CT molecular complexity index is 1410. The van der Waals surface area contributed by atoms with Crippen LogP contribution in [0, 0.1) is 11.8 Å². The predicted molar refractivity (Wildman–Crippen MR) is 169 cm³/mol. The summed E-state index contributed by atoms with van der Waals surface area (Å²) in [5.41, 5.74) is -1.05. The average molecular weight is 600 g/mol. The molecule has 8 heteroatoms. The molecule has 3 aliphatic rings. The Hall–Kier alpha value is -3.75. The lowest BCUT2D eigenvalue weighted by atomic mass is 9.66. The van der Waals surface area contributed by atoms with Gasteiger partial charge in [0.2, 0.25) is 17.7 Å². The van der Waals surface area contributed by atoms with Crippen molar-refractivity contribution in [1.82, 2.24) is 14.7 Å². The van der Waals surface area contributed by atoms with Gasteiger partial charge in [0.25, 0.3) is 0 Å². The SMILES string of the molecule is C=CCN(Cc1ccccc1)C(=O)[C@@H]1[C@H]2C(=O)N([C@H](CO)c3ccccc3)C(C(=O)N(CC=C)C(C)(C)C)C23CC[C@@]1(C)O3. The first-order chi connectivity index (χ1) is 20.9. The number of hydrogen-bond donors (Lipinski definition) is 1. The second kappa shape index (κ2) is 12.0. The maximum atomic E-state index is 14.8. The molecule has 0 saturated carbocycles. The predicted octanol–water partition coefficient (Wildman–Crippen LogP) is 4.51. The van der Waals surface area contributed by atoms with Gasteiger partial charge in [-0.25, -0.2) is 0 Å². The summed E-state index contributed by atoms with van der Waals surface area (Å²) in [5.74, 6) is -2.48. The molecule has 1 N–H and O–H groups in total. The molecule has 2 unspecified atom stereocenters. The van der Waals surface area contributed by atoms with Crippen molar-refractivity contribution in [2.24, 2.45) is 11.8 Å². The van der Waals surface area contributed by atoms with Crippen molar-refractivity contribution in [2.75, 3.05) is 19.7 Å². The summed E-state index contributed by atoms with van der Waals surface area (Å²) in [6.45, 7) is 16.1. The van der Waals surface area contributed by atoms with E-state index in [2.05, 4.69) is 13.2 Å². The summed E-state index contributed by atoms with van der Waals surface area (Å²) in [4.78, 5) is 49.2. The van der Waals surface area contributed by atoms with Crippen LogP contribution in [0.4, 0.5) is 0 Å². The summed E-state index contributed by atoms with van der Waals surface area (Å²) in [6.07, 6.45) is 4.35. The fourth-order valence-electron chi connectivity index (χ4n) is 7.74. The maximum absolute atomic E-state index is 14.8. The molecule has 3 heterocycles. The third-order valence-electron chi connectivity index (χ3n) is 9.67. The number of carbonyl (C=O) groups excluding carboxylic acids is 3. The number of benzene rings is 2. The Morgan fingerprint density at radius 2 is 1.64 bits per heavy atom. The zero-order valence-electron chi connectivity index (χ0n) is 26.3. The molecule has 44 heavy (non-hydrogen) atoms. The second-order valence-corrected chi connectivity index (χ2v) is 13.5. The standard InChI is InChI=1S/C36H45N3O5/c1-7-21-37(23-25-15-11-9-12-16-25)31(41)28-29-32(42)39(27(24-40)26-17-13-10-14-18-26)30(36(29)20-19-35(28,6)44-36)33(43)38(22-8-2)34(3,4)5/h7-18,27-30,40H,1-2,19-24H2,3-6H3/t27-,28+,29+,30?,35-,36?/m1/s1. The van der Waals surface area contributed by atoms with Gasteiger partial charge in [0.05, 0.1) is 30.1 Å². The lowest BCUT2D eigenvalue weighted by Gasteiger charge is -2.43. The largest absolute Gasteiger partial charge is 0.394 e. The van der Waals surface area contributed by atoms with Crippen LogP contribution in [0.1, 0.15) is 57.7 Å². The summed E-state index contributed by atoms with van der Waals surface area (Å²) in [7, 11) is 0. The van der Waals surface area contributed by atoms with Crippen molar-refractivity contribution >= 4 is 17.7 Å². The number of aliphatic hydroxyl groups excluding tert-OH is 1. The van der Waals surface area contributed by atoms with Crippen LogP contribution in [0.2, 0.25) is 0 Å². The maximum Gasteiger partial charge on any atom is 0.249 e. The zero-order valence-corrected chi connectivity index (χ0v) is 26.3. The number of carbonyl (C=O) groups is 3. The van der Waals surface area contributed by atoms with Crippen molar-refractivity contribution in [1.29, 1.82) is 0 Å². The monoisotopic (exact) mass is 599 g/mol. The molecule has 3 saturated heterocycles. The lowest BCUT2D eigenvalue weighted by molar-refractivity contribution is -0.159. The van der Waals surface area contributed by atoms with E-state index in [1.165, 1.54) is 4.90 Å². The van der Waals surface area contributed by atoms with E-state index in [0.29, 0.717) is 31.5 Å². The van der Waals surface area contributed by atoms with Crippen molar-refractivity contribution in [3.63, 3.8) is 0 Å². The van der Waals surface area contributed by atoms with E-state index in [9.17, 15) is 19.5 Å². The van der Waals surface area contributed by atoms with Crippen LogP contribution in [0.5, 0.6) is 0 Å². The molecular formula is C36H45N3O5. The number of ether oxygens (including phenoxy) is 1. The molecule has 1 spiro atoms. The highest BCUT2D eigenvalue weighted by atomic mass is 16.5. The van der Waals surface area contributed by atoms with Gasteiger partial charge in [-0.05, 0) is 51.7 Å². The van der Waals surface area contributed by atoms with Crippen molar-refractivity contribution in [3.8, 4) is 0 Å². The Kier molecular flexibility index (Phi) is 8.62. The van der Waals surface area contributed by atoms with Crippen molar-refractivity contribution in [3.05, 3.63) is 97.1 Å². The molecule has 3 fully saturated rings. The molecule has 2 bridgehead atoms. The smallest absolute Gasteiger partial charge is 0.249 e. The normalized spacial score (nSPS) is 28.0. The molecule has 0 aromatic heterocycles. The van der Waals surface area contributed by atoms with Crippen molar-refractivity contribution in [2.45, 2.75) is 75.9 Å². The van der Waals surface area contributed by atoms with Gasteiger partial charge in [-0.1, -0.05) is 72.8 Å². The van der Waals surface area contributed by atoms with E-state index in [-0.39, 0.29) is 30.9 Å². The topological polar surface area (TPSA) is 90.4 Å². The minimum atomic E-state index is -1.22. The highest BCUT2D eigenvalue weighted by Gasteiger charge is 2.79. The van der Waals surface area contributed by atoms with Gasteiger partial charge >= 0.3 is 0 Å². The van der Waals surface area contributed by atoms with Crippen LogP contribution in [0.15, 0.2) is 86.0 Å². The highest BCUT2D eigenvalue weighted by Crippen LogP contribution is 2.64. The number of hydrogen-bond acceptors (Lipinski definition) is 5. The molecule has 0 aliphatic carbocycles. The number of likely N-dealkylation sites (tertiary alicyclic amines) is 1. The number of nitrogens with zero attached hydrogens (tertiary/aromatic N) is 3. The third kappa shape index (κ3) is 5.18. The number of aliphatic hydroxyl groups is 1. The molecule has 8 nitrogen and oxygen atoms in total. The number of rotatable bonds is 11. The molecule has 3 aliphatic heterocycles. The molecular weight excluding hydrogens is 554 g/mol. The van der Waals surface area contributed by atoms with Crippen molar-refractivity contribution < 1.29 is 24.2 Å². The van der Waals surface area contributed by atoms with E-state index < -0.39 is 40.7 Å². The summed E-state index contributed by atoms with van der Waals surface area (Å²) in [6, 6.07) is 17.2. The van der Waals surface area contributed by atoms with Crippen LogP contribution < -0.4 is 0 Å². The molecule has 0 radical (unpaired) electrons. The molecule has 234 valence electrons. The van der Waals surface area contributed by atoms with Gasteiger partial charge in [0, 0.05) is 25.2 Å². The molecule has 2 aromatic rings. The Balaban J connectivity index is 1.63. The quantitative estimate of drug-likeness (QED) is 0.384. The Labute approximate surface area is 261 Å². The first kappa shape index (κ1) is 31.7. The first-order valence-corrected chi connectivity index (χ1v) is 15.5. The molecule has 5 rings (SSSR count). The summed E-state index contributed by atoms with van der Waals surface area (Å²) >= 11 is 0. The third-order valence-corrected chi connectivity index (χ3v) is 9.67. The lowest BCUT2D eigenvalue weighted by Crippen LogP contribution is -2.60. The van der Waals surface area contributed by atoms with Gasteiger partial charge in [-0.2, -0.15) is 0 Å². The average Bonchev–Trinajstić information content (AvgIpc) is 3.57. The minimum absolute atomic E-state index is 0.191. The number of amides is 3. The van der Waals surface area contributed by atoms with Crippen LogP contribution in [0.25, 0.3) is 0 Å². The van der Waals surface area contributed by atoms with Gasteiger partial charge in [0.15, 0.2) is 0 Å². The van der Waals surface area contributed by atoms with Crippen LogP contribution in [-0.2, 0) is 25.7 Å². The van der Waals surface area contributed by atoms with Crippen LogP contribution >= 0.6 is 0 Å². The van der Waals surface area contributed by atoms with Crippen LogP contribution in [0.3, 0.4) is 0 Å². The van der Waals surface area contributed by atoms with E-state index in [1.807, 2.05) is 88.4 Å². The van der Waals surface area contributed by atoms with Gasteiger partial charge in [-0.15, -0.1) is 13.2 Å². The number of fused-ring (bicyclic) bond motifs is 1. The first-order valence-electron chi connectivity index (χ1n) is 15.5. The minimum Gasteiger partial charge on any atom is -0.394 e. The molecule has 2 aromatic carbocycles. The molecule has 3 amide bonds. The molecule has 6 atom stereocenters. The fourth-order valence-corrected chi connectivity index (χ4v) is 7.74. The Morgan fingerprint density at radius 3 is 2.20 bits per heavy atom. The van der Waals surface area contributed by atoms with Crippen LogP contribution in [-0.4, -0.2) is 80.0 Å². The zero-order chi connectivity index (χ0) is 31.9. The summed E-state index contributed by atoms with van der Waals surface area (Å²) < 4.78 is 6.90. The van der Waals surface area contributed by atoms with Gasteiger partial charge < -0.3 is 24.5 Å². The van der Waals surface area contributed by atoms with E-state index in [0.717, 1.165) is 5.56 Å².